The van der Waals surface area contributed by atoms with Gasteiger partial charge < -0.3 is 15.7 Å². The molecule has 0 radical (unpaired) electrons. The predicted molar refractivity (Wildman–Crippen MR) is 82.5 cm³/mol. The fraction of sp³-hybridized carbons (Fsp3) is 0.267. The molecule has 0 bridgehead atoms. The number of rotatable bonds is 4. The molecule has 0 saturated carbocycles. The number of aryl methyl sites for hydroxylation is 1. The van der Waals surface area contributed by atoms with E-state index in [0.717, 1.165) is 12.1 Å². The molecule has 1 aromatic carbocycles. The normalized spacial score (nSPS) is 12.7. The highest BCUT2D eigenvalue weighted by Gasteiger charge is 2.30. The number of halogens is 3. The van der Waals surface area contributed by atoms with Gasteiger partial charge in [-0.1, -0.05) is 6.07 Å². The molecule has 3 N–H and O–H groups in total. The second kappa shape index (κ2) is 7.01. The minimum Gasteiger partial charge on any atom is -0.387 e. The molecule has 0 fully saturated rings. The number of carbonyl (C=O) groups is 1. The molecule has 0 saturated heterocycles. The van der Waals surface area contributed by atoms with Gasteiger partial charge in [-0.2, -0.15) is 24.5 Å². The molecule has 124 valence electrons. The summed E-state index contributed by atoms with van der Waals surface area (Å²) in [5.41, 5.74) is 0.413. The Bertz CT molecular complexity index is 672. The third kappa shape index (κ3) is 4.70. The van der Waals surface area contributed by atoms with Gasteiger partial charge in [-0.25, -0.2) is 4.79 Å². The monoisotopic (exact) mass is 344 g/mol. The number of aliphatic hydroxyl groups excluding tert-OH is 1. The Morgan fingerprint density at radius 1 is 1.35 bits per heavy atom. The number of hydrogen-bond donors (Lipinski definition) is 3. The van der Waals surface area contributed by atoms with Crippen molar-refractivity contribution in [1.82, 2.24) is 5.32 Å². The number of thiophene rings is 1. The number of aliphatic hydroxyl groups is 1. The van der Waals surface area contributed by atoms with Crippen molar-refractivity contribution in [3.63, 3.8) is 0 Å². The average Bonchev–Trinajstić information content (AvgIpc) is 3.00. The number of hydrogen-bond acceptors (Lipinski definition) is 3. The Labute approximate surface area is 135 Å². The van der Waals surface area contributed by atoms with Crippen LogP contribution in [0.25, 0.3) is 0 Å². The zero-order valence-electron chi connectivity index (χ0n) is 12.1. The predicted octanol–water partition coefficient (Wildman–Crippen LogP) is 3.93. The molecule has 1 aromatic heterocycles. The number of benzene rings is 1. The summed E-state index contributed by atoms with van der Waals surface area (Å²) in [7, 11) is 0. The van der Waals surface area contributed by atoms with E-state index in [2.05, 4.69) is 10.6 Å². The van der Waals surface area contributed by atoms with E-state index >= 15 is 0 Å². The van der Waals surface area contributed by atoms with Crippen LogP contribution in [0.15, 0.2) is 35.0 Å². The van der Waals surface area contributed by atoms with Gasteiger partial charge in [0.2, 0.25) is 0 Å². The van der Waals surface area contributed by atoms with Gasteiger partial charge in [0.15, 0.2) is 0 Å². The summed E-state index contributed by atoms with van der Waals surface area (Å²) in [6.45, 7) is 1.55. The first-order chi connectivity index (χ1) is 10.8. The highest BCUT2D eigenvalue weighted by Crippen LogP contribution is 2.32. The molecule has 8 heteroatoms. The van der Waals surface area contributed by atoms with Gasteiger partial charge in [-0.3, -0.25) is 0 Å². The lowest BCUT2D eigenvalue weighted by molar-refractivity contribution is -0.137. The molecule has 0 spiro atoms. The lowest BCUT2D eigenvalue weighted by atomic mass is 10.1. The summed E-state index contributed by atoms with van der Waals surface area (Å²) >= 11 is 1.42. The molecule has 2 rings (SSSR count). The molecule has 1 atom stereocenters. The maximum Gasteiger partial charge on any atom is 0.416 e. The van der Waals surface area contributed by atoms with Gasteiger partial charge in [-0.15, -0.1) is 0 Å². The minimum atomic E-state index is -4.48. The largest absolute Gasteiger partial charge is 0.416 e. The van der Waals surface area contributed by atoms with Gasteiger partial charge in [-0.05, 0) is 47.0 Å². The van der Waals surface area contributed by atoms with Crippen LogP contribution < -0.4 is 10.6 Å². The zero-order chi connectivity index (χ0) is 17.0. The summed E-state index contributed by atoms with van der Waals surface area (Å²) in [5.74, 6) is 0. The third-order valence-electron chi connectivity index (χ3n) is 3.20. The molecule has 1 heterocycles. The number of carbonyl (C=O) groups excluding carboxylic acids is 1. The fourth-order valence-corrected chi connectivity index (χ4v) is 2.58. The zero-order valence-corrected chi connectivity index (χ0v) is 13.0. The standard InChI is InChI=1S/C15H15F3N2O2S/c1-9-2-3-11(15(16,17)18)6-12(9)20-14(22)19-7-13(21)10-4-5-23-8-10/h2-6,8,13,21H,7H2,1H3,(H2,19,20,22). The van der Waals surface area contributed by atoms with Crippen LogP contribution in [0.3, 0.4) is 0 Å². The SMILES string of the molecule is Cc1ccc(C(F)(F)F)cc1NC(=O)NCC(O)c1ccsc1. The van der Waals surface area contributed by atoms with Crippen molar-refractivity contribution in [2.45, 2.75) is 19.2 Å². The van der Waals surface area contributed by atoms with Gasteiger partial charge in [0.25, 0.3) is 0 Å². The van der Waals surface area contributed by atoms with E-state index in [1.54, 1.807) is 23.8 Å². The van der Waals surface area contributed by atoms with Crippen LogP contribution in [0.5, 0.6) is 0 Å². The van der Waals surface area contributed by atoms with Crippen molar-refractivity contribution >= 4 is 23.1 Å². The summed E-state index contributed by atoms with van der Waals surface area (Å²) < 4.78 is 38.1. The quantitative estimate of drug-likeness (QED) is 0.787. The van der Waals surface area contributed by atoms with E-state index in [-0.39, 0.29) is 12.2 Å². The molecule has 4 nitrogen and oxygen atoms in total. The van der Waals surface area contributed by atoms with Crippen molar-refractivity contribution in [2.24, 2.45) is 0 Å². The van der Waals surface area contributed by atoms with E-state index in [9.17, 15) is 23.1 Å². The average molecular weight is 344 g/mol. The molecule has 0 aliphatic heterocycles. The van der Waals surface area contributed by atoms with E-state index in [1.807, 2.05) is 0 Å². The van der Waals surface area contributed by atoms with Gasteiger partial charge in [0.1, 0.15) is 0 Å². The topological polar surface area (TPSA) is 61.4 Å². The Morgan fingerprint density at radius 3 is 2.70 bits per heavy atom. The van der Waals surface area contributed by atoms with Gasteiger partial charge >= 0.3 is 12.2 Å². The van der Waals surface area contributed by atoms with Crippen molar-refractivity contribution in [3.8, 4) is 0 Å². The van der Waals surface area contributed by atoms with Gasteiger partial charge in [0.05, 0.1) is 11.7 Å². The Balaban J connectivity index is 1.97. The van der Waals surface area contributed by atoms with E-state index in [0.29, 0.717) is 11.1 Å². The first-order valence-corrected chi connectivity index (χ1v) is 7.64. The Kier molecular flexibility index (Phi) is 5.27. The van der Waals surface area contributed by atoms with E-state index in [1.165, 1.54) is 17.4 Å². The lowest BCUT2D eigenvalue weighted by Gasteiger charge is -2.14. The maximum absolute atomic E-state index is 12.7. The second-order valence-electron chi connectivity index (χ2n) is 4.93. The second-order valence-corrected chi connectivity index (χ2v) is 5.71. The smallest absolute Gasteiger partial charge is 0.387 e. The Hall–Kier alpha value is -2.06. The number of anilines is 1. The van der Waals surface area contributed by atoms with Crippen molar-refractivity contribution in [3.05, 3.63) is 51.7 Å². The molecule has 23 heavy (non-hydrogen) atoms. The molecule has 0 aliphatic rings. The fourth-order valence-electron chi connectivity index (χ4n) is 1.87. The Morgan fingerprint density at radius 2 is 2.09 bits per heavy atom. The van der Waals surface area contributed by atoms with Crippen LogP contribution >= 0.6 is 11.3 Å². The van der Waals surface area contributed by atoms with Crippen molar-refractivity contribution in [2.75, 3.05) is 11.9 Å². The number of urea groups is 1. The molecule has 2 aromatic rings. The summed E-state index contributed by atoms with van der Waals surface area (Å²) in [5, 5.41) is 18.2. The van der Waals surface area contributed by atoms with Crippen LogP contribution in [0.4, 0.5) is 23.7 Å². The summed E-state index contributed by atoms with van der Waals surface area (Å²) in [6.07, 6.45) is -5.34. The van der Waals surface area contributed by atoms with E-state index < -0.39 is 23.9 Å². The highest BCUT2D eigenvalue weighted by atomic mass is 32.1. The first-order valence-electron chi connectivity index (χ1n) is 6.70. The number of amides is 2. The van der Waals surface area contributed by atoms with Crippen molar-refractivity contribution in [1.29, 1.82) is 0 Å². The third-order valence-corrected chi connectivity index (χ3v) is 3.90. The molecule has 1 unspecified atom stereocenters. The van der Waals surface area contributed by atoms with Crippen molar-refractivity contribution < 1.29 is 23.1 Å². The molecular formula is C15H15F3N2O2S. The lowest BCUT2D eigenvalue weighted by Crippen LogP contribution is -2.32. The first kappa shape index (κ1) is 17.3. The number of nitrogens with one attached hydrogen (secondary N) is 2. The van der Waals surface area contributed by atoms with Crippen LogP contribution in [0.1, 0.15) is 22.8 Å². The summed E-state index contributed by atoms with van der Waals surface area (Å²) in [4.78, 5) is 11.8. The highest BCUT2D eigenvalue weighted by molar-refractivity contribution is 7.07. The summed E-state index contributed by atoms with van der Waals surface area (Å²) in [6, 6.07) is 4.18. The number of alkyl halides is 3. The van der Waals surface area contributed by atoms with Crippen LogP contribution in [0.2, 0.25) is 0 Å². The maximum atomic E-state index is 12.7. The van der Waals surface area contributed by atoms with Crippen LogP contribution in [-0.2, 0) is 6.18 Å². The minimum absolute atomic E-state index is 0.0411. The van der Waals surface area contributed by atoms with Crippen LogP contribution in [-0.4, -0.2) is 17.7 Å². The molecular weight excluding hydrogens is 329 g/mol. The van der Waals surface area contributed by atoms with Gasteiger partial charge in [0, 0.05) is 12.2 Å². The molecule has 0 aliphatic carbocycles. The molecule has 2 amide bonds. The van der Waals surface area contributed by atoms with E-state index in [4.69, 9.17) is 0 Å². The van der Waals surface area contributed by atoms with Crippen LogP contribution in [0, 0.1) is 6.92 Å².